The van der Waals surface area contributed by atoms with Gasteiger partial charge in [0.05, 0.1) is 6.20 Å². The highest BCUT2D eigenvalue weighted by atomic mass is 19.1. The van der Waals surface area contributed by atoms with Gasteiger partial charge >= 0.3 is 6.03 Å². The third kappa shape index (κ3) is 3.89. The quantitative estimate of drug-likeness (QED) is 0.409. The van der Waals surface area contributed by atoms with Crippen LogP contribution >= 0.6 is 0 Å². The summed E-state index contributed by atoms with van der Waals surface area (Å²) in [6.45, 7) is 0.403. The first-order valence-electron chi connectivity index (χ1n) is 9.78. The molecule has 0 spiro atoms. The van der Waals surface area contributed by atoms with Gasteiger partial charge in [-0.05, 0) is 36.6 Å². The molecule has 0 bridgehead atoms. The summed E-state index contributed by atoms with van der Waals surface area (Å²) >= 11 is 0. The summed E-state index contributed by atoms with van der Waals surface area (Å²) in [5.41, 5.74) is 1.92. The first-order valence-corrected chi connectivity index (χ1v) is 9.78. The largest absolute Gasteiger partial charge is 0.351 e. The van der Waals surface area contributed by atoms with Crippen LogP contribution in [-0.2, 0) is 11.3 Å². The minimum Gasteiger partial charge on any atom is -0.351 e. The number of aromatic nitrogens is 4. The molecule has 2 aliphatic rings. The lowest BCUT2D eigenvalue weighted by molar-refractivity contribution is -0.115. The van der Waals surface area contributed by atoms with Gasteiger partial charge in [0.2, 0.25) is 11.9 Å². The molecule has 31 heavy (non-hydrogen) atoms. The minimum atomic E-state index is -0.575. The van der Waals surface area contributed by atoms with Crippen LogP contribution in [0.2, 0.25) is 0 Å². The van der Waals surface area contributed by atoms with E-state index in [2.05, 4.69) is 31.0 Å². The van der Waals surface area contributed by atoms with E-state index in [1.165, 1.54) is 18.2 Å². The van der Waals surface area contributed by atoms with Crippen molar-refractivity contribution in [1.82, 2.24) is 30.2 Å². The maximum atomic E-state index is 13.6. The Labute approximate surface area is 176 Å². The van der Waals surface area contributed by atoms with Gasteiger partial charge in [0.15, 0.2) is 5.65 Å². The number of fused-ring (bicyclic) bond motifs is 1. The molecule has 2 fully saturated rings. The number of imide groups is 1. The Hall–Kier alpha value is -4.02. The van der Waals surface area contributed by atoms with Gasteiger partial charge in [-0.3, -0.25) is 10.1 Å². The number of carbonyl (C=O) groups is 2. The Morgan fingerprint density at radius 2 is 2.13 bits per heavy atom. The van der Waals surface area contributed by atoms with Gasteiger partial charge in [-0.15, -0.1) is 0 Å². The molecule has 3 N–H and O–H groups in total. The van der Waals surface area contributed by atoms with E-state index in [1.807, 2.05) is 13.1 Å². The highest BCUT2D eigenvalue weighted by Gasteiger charge is 2.26. The number of amides is 3. The molecule has 10 nitrogen and oxygen atoms in total. The monoisotopic (exact) mass is 422 g/mol. The van der Waals surface area contributed by atoms with Crippen LogP contribution < -0.4 is 20.9 Å². The molecule has 158 valence electrons. The molecule has 5 rings (SSSR count). The molecular formula is C20H19FN8O2. The average Bonchev–Trinajstić information content (AvgIpc) is 3.36. The number of nitrogens with zero attached hydrogens (tertiary/aromatic N) is 5. The summed E-state index contributed by atoms with van der Waals surface area (Å²) in [6, 6.07) is 6.10. The van der Waals surface area contributed by atoms with Gasteiger partial charge in [-0.2, -0.15) is 19.6 Å². The Morgan fingerprint density at radius 1 is 1.29 bits per heavy atom. The van der Waals surface area contributed by atoms with E-state index >= 15 is 0 Å². The van der Waals surface area contributed by atoms with E-state index in [0.717, 1.165) is 18.4 Å². The van der Waals surface area contributed by atoms with Gasteiger partial charge in [0.1, 0.15) is 11.5 Å². The van der Waals surface area contributed by atoms with Crippen LogP contribution in [0.3, 0.4) is 0 Å². The molecule has 0 atom stereocenters. The average molecular weight is 422 g/mol. The fraction of sp³-hybridized carbons (Fsp3) is 0.250. The lowest BCUT2D eigenvalue weighted by Crippen LogP contribution is -2.22. The molecule has 1 aliphatic heterocycles. The van der Waals surface area contributed by atoms with Crippen LogP contribution in [0.5, 0.6) is 0 Å². The summed E-state index contributed by atoms with van der Waals surface area (Å²) < 4.78 is 15.1. The third-order valence-corrected chi connectivity index (χ3v) is 4.96. The number of urea groups is 1. The lowest BCUT2D eigenvalue weighted by Gasteiger charge is -2.18. The fourth-order valence-electron chi connectivity index (χ4n) is 3.28. The number of nitrogens with one attached hydrogen (secondary N) is 3. The second kappa shape index (κ2) is 7.35. The van der Waals surface area contributed by atoms with Gasteiger partial charge in [0.25, 0.3) is 5.91 Å². The molecule has 2 aromatic heterocycles. The number of hydrogen-bond donors (Lipinski definition) is 3. The summed E-state index contributed by atoms with van der Waals surface area (Å²) in [5, 5.41) is 12.3. The van der Waals surface area contributed by atoms with Crippen molar-refractivity contribution in [2.24, 2.45) is 0 Å². The van der Waals surface area contributed by atoms with E-state index in [0.29, 0.717) is 35.7 Å². The summed E-state index contributed by atoms with van der Waals surface area (Å²) in [5.74, 6) is 0.122. The maximum absolute atomic E-state index is 13.6. The van der Waals surface area contributed by atoms with Crippen molar-refractivity contribution in [3.63, 3.8) is 0 Å². The molecule has 3 aromatic rings. The second-order valence-corrected chi connectivity index (χ2v) is 7.55. The molecule has 3 amide bonds. The predicted octanol–water partition coefficient (Wildman–Crippen LogP) is 1.65. The molecule has 11 heteroatoms. The normalized spacial score (nSPS) is 17.2. The zero-order chi connectivity index (χ0) is 21.5. The van der Waals surface area contributed by atoms with Crippen molar-refractivity contribution in [2.75, 3.05) is 17.3 Å². The van der Waals surface area contributed by atoms with Gasteiger partial charge < -0.3 is 15.5 Å². The van der Waals surface area contributed by atoms with E-state index in [9.17, 15) is 14.0 Å². The van der Waals surface area contributed by atoms with Gasteiger partial charge in [0, 0.05) is 25.2 Å². The first-order chi connectivity index (χ1) is 15.0. The van der Waals surface area contributed by atoms with Crippen LogP contribution in [0, 0.1) is 5.82 Å². The highest BCUT2D eigenvalue weighted by Crippen LogP contribution is 2.26. The van der Waals surface area contributed by atoms with Crippen LogP contribution in [0.1, 0.15) is 24.0 Å². The second-order valence-electron chi connectivity index (χ2n) is 7.55. The number of anilines is 2. The lowest BCUT2D eigenvalue weighted by atomic mass is 10.2. The number of hydrogen-bond acceptors (Lipinski definition) is 7. The molecule has 0 radical (unpaired) electrons. The molecule has 0 unspecified atom stereocenters. The Balaban J connectivity index is 1.54. The summed E-state index contributed by atoms with van der Waals surface area (Å²) in [4.78, 5) is 34.3. The van der Waals surface area contributed by atoms with Gasteiger partial charge in [-0.1, -0.05) is 12.1 Å². The number of benzene rings is 1. The molecule has 1 aromatic carbocycles. The topological polar surface area (TPSA) is 117 Å². The Morgan fingerprint density at radius 3 is 2.84 bits per heavy atom. The first kappa shape index (κ1) is 19.0. The van der Waals surface area contributed by atoms with Crippen molar-refractivity contribution in [3.05, 3.63) is 53.1 Å². The zero-order valence-corrected chi connectivity index (χ0v) is 16.6. The van der Waals surface area contributed by atoms with Crippen molar-refractivity contribution < 1.29 is 14.0 Å². The minimum absolute atomic E-state index is 0.116. The van der Waals surface area contributed by atoms with Crippen molar-refractivity contribution >= 4 is 35.6 Å². The number of halogens is 1. The predicted molar refractivity (Wildman–Crippen MR) is 111 cm³/mol. The zero-order valence-electron chi connectivity index (χ0n) is 16.6. The van der Waals surface area contributed by atoms with Crippen LogP contribution in [0.25, 0.3) is 11.7 Å². The maximum Gasteiger partial charge on any atom is 0.326 e. The van der Waals surface area contributed by atoms with Crippen molar-refractivity contribution in [3.8, 4) is 0 Å². The van der Waals surface area contributed by atoms with E-state index < -0.39 is 11.9 Å². The van der Waals surface area contributed by atoms with E-state index in [-0.39, 0.29) is 11.5 Å². The third-order valence-electron chi connectivity index (χ3n) is 4.96. The fourth-order valence-corrected chi connectivity index (χ4v) is 3.28. The van der Waals surface area contributed by atoms with E-state index in [4.69, 9.17) is 0 Å². The van der Waals surface area contributed by atoms with Crippen LogP contribution in [-0.4, -0.2) is 44.6 Å². The van der Waals surface area contributed by atoms with Crippen molar-refractivity contribution in [1.29, 1.82) is 0 Å². The molecular weight excluding hydrogens is 403 g/mol. The summed E-state index contributed by atoms with van der Waals surface area (Å²) in [6.07, 6.45) is 5.17. The highest BCUT2D eigenvalue weighted by molar-refractivity contribution is 6.14. The van der Waals surface area contributed by atoms with Crippen molar-refractivity contribution in [2.45, 2.75) is 25.4 Å². The Bertz CT molecular complexity index is 1230. The van der Waals surface area contributed by atoms with Gasteiger partial charge in [-0.25, -0.2) is 9.18 Å². The molecule has 1 saturated heterocycles. The number of rotatable bonds is 6. The smallest absolute Gasteiger partial charge is 0.326 e. The molecule has 3 heterocycles. The van der Waals surface area contributed by atoms with E-state index in [1.54, 1.807) is 21.7 Å². The standard InChI is InChI=1S/C20H19FN8O2/c1-28(10-11-3-2-4-13(21)7-11)18-25-16-12(8-15-17(30)26-20(31)24-15)9-22-29(16)19(27-18)23-14-5-6-14/h2-4,7-9,14H,5-6,10H2,1H3,(H,23,25,27)(H2,24,26,30,31)/b15-8-. The SMILES string of the molecule is CN(Cc1cccc(F)c1)c1nc(NC2CC2)n2ncc(/C=C3\NC(=O)NC3=O)c2n1. The van der Waals surface area contributed by atoms with Crippen LogP contribution in [0.4, 0.5) is 21.1 Å². The Kier molecular flexibility index (Phi) is 4.50. The van der Waals surface area contributed by atoms with Crippen LogP contribution in [0.15, 0.2) is 36.2 Å². The summed E-state index contributed by atoms with van der Waals surface area (Å²) in [7, 11) is 1.82. The molecule has 1 aliphatic carbocycles. The molecule has 1 saturated carbocycles. The number of carbonyl (C=O) groups excluding carboxylic acids is 2.